The highest BCUT2D eigenvalue weighted by Crippen LogP contribution is 2.37. The largest absolute Gasteiger partial charge is 0.497 e. The van der Waals surface area contributed by atoms with E-state index in [4.69, 9.17) is 14.6 Å². The Hall–Kier alpha value is -2.16. The van der Waals surface area contributed by atoms with Gasteiger partial charge in [-0.3, -0.25) is 0 Å². The minimum absolute atomic E-state index is 0.367. The van der Waals surface area contributed by atoms with E-state index < -0.39 is 18.3 Å². The van der Waals surface area contributed by atoms with Gasteiger partial charge in [0.05, 0.1) is 22.8 Å². The molecule has 5 heteroatoms. The fraction of sp³-hybridized carbons (Fsp3) is 0.316. The molecule has 122 valence electrons. The normalized spacial score (nSPS) is 18.4. The van der Waals surface area contributed by atoms with Crippen LogP contribution in [0.5, 0.6) is 0 Å². The molecule has 2 aromatic carbocycles. The van der Waals surface area contributed by atoms with Crippen LogP contribution < -0.4 is 5.46 Å². The summed E-state index contributed by atoms with van der Waals surface area (Å²) in [5, 5.41) is 9.05. The lowest BCUT2D eigenvalue weighted by Gasteiger charge is -2.32. The maximum atomic E-state index is 14.4. The van der Waals surface area contributed by atoms with Gasteiger partial charge in [0.15, 0.2) is 0 Å². The smallest absolute Gasteiger partial charge is 0.399 e. The van der Waals surface area contributed by atoms with Crippen LogP contribution >= 0.6 is 0 Å². The van der Waals surface area contributed by atoms with Crippen molar-refractivity contribution in [1.29, 1.82) is 5.26 Å². The SMILES string of the molecule is CC1(C)OB(c2cc(-c3cccc(C#N)c3)ccc2F)OC1(C)C. The first kappa shape index (κ1) is 16.7. The van der Waals surface area contributed by atoms with Crippen LogP contribution in [0, 0.1) is 17.1 Å². The molecule has 0 saturated carbocycles. The van der Waals surface area contributed by atoms with Crippen molar-refractivity contribution in [1.82, 2.24) is 0 Å². The molecule has 0 amide bonds. The van der Waals surface area contributed by atoms with Crippen LogP contribution in [-0.4, -0.2) is 18.3 Å². The first-order valence-corrected chi connectivity index (χ1v) is 7.89. The van der Waals surface area contributed by atoms with Crippen molar-refractivity contribution in [2.24, 2.45) is 0 Å². The van der Waals surface area contributed by atoms with Crippen molar-refractivity contribution in [3.8, 4) is 17.2 Å². The standard InChI is InChI=1S/C19H19BFNO2/c1-18(2)19(3,4)24-20(23-18)16-11-15(8-9-17(16)21)14-7-5-6-13(10-14)12-22/h5-11H,1-4H3. The third-order valence-electron chi connectivity index (χ3n) is 4.83. The molecule has 2 aromatic rings. The van der Waals surface area contributed by atoms with Gasteiger partial charge in [-0.25, -0.2) is 4.39 Å². The Morgan fingerprint density at radius 3 is 2.21 bits per heavy atom. The van der Waals surface area contributed by atoms with Gasteiger partial charge in [-0.1, -0.05) is 24.3 Å². The number of nitriles is 1. The molecule has 0 spiro atoms. The van der Waals surface area contributed by atoms with Crippen LogP contribution in [0.2, 0.25) is 0 Å². The van der Waals surface area contributed by atoms with Crippen molar-refractivity contribution in [2.75, 3.05) is 0 Å². The monoisotopic (exact) mass is 323 g/mol. The lowest BCUT2D eigenvalue weighted by Crippen LogP contribution is -2.41. The summed E-state index contributed by atoms with van der Waals surface area (Å²) in [4.78, 5) is 0. The van der Waals surface area contributed by atoms with Gasteiger partial charge in [-0.05, 0) is 57.0 Å². The maximum Gasteiger partial charge on any atom is 0.497 e. The van der Waals surface area contributed by atoms with E-state index in [1.54, 1.807) is 24.3 Å². The number of benzene rings is 2. The number of hydrogen-bond donors (Lipinski definition) is 0. The lowest BCUT2D eigenvalue weighted by molar-refractivity contribution is 0.00578. The molecule has 0 unspecified atom stereocenters. The molecule has 24 heavy (non-hydrogen) atoms. The molecule has 1 aliphatic rings. The highest BCUT2D eigenvalue weighted by atomic mass is 19.1. The van der Waals surface area contributed by atoms with Crippen LogP contribution in [0.4, 0.5) is 4.39 Å². The fourth-order valence-corrected chi connectivity index (χ4v) is 2.64. The molecule has 3 nitrogen and oxygen atoms in total. The highest BCUT2D eigenvalue weighted by molar-refractivity contribution is 6.62. The molecule has 0 aromatic heterocycles. The highest BCUT2D eigenvalue weighted by Gasteiger charge is 2.52. The van der Waals surface area contributed by atoms with Crippen molar-refractivity contribution in [3.63, 3.8) is 0 Å². The van der Waals surface area contributed by atoms with E-state index >= 15 is 0 Å². The van der Waals surface area contributed by atoms with E-state index in [0.717, 1.165) is 11.1 Å². The van der Waals surface area contributed by atoms with Gasteiger partial charge in [-0.2, -0.15) is 5.26 Å². The molecule has 1 saturated heterocycles. The van der Waals surface area contributed by atoms with Gasteiger partial charge in [0.1, 0.15) is 5.82 Å². The molecular weight excluding hydrogens is 304 g/mol. The van der Waals surface area contributed by atoms with Gasteiger partial charge < -0.3 is 9.31 Å². The number of nitrogens with zero attached hydrogens (tertiary/aromatic N) is 1. The summed E-state index contributed by atoms with van der Waals surface area (Å²) < 4.78 is 26.3. The van der Waals surface area contributed by atoms with Crippen LogP contribution in [0.3, 0.4) is 0 Å². The van der Waals surface area contributed by atoms with Crippen LogP contribution in [0.1, 0.15) is 33.3 Å². The first-order valence-electron chi connectivity index (χ1n) is 7.89. The van der Waals surface area contributed by atoms with Gasteiger partial charge in [-0.15, -0.1) is 0 Å². The Labute approximate surface area is 142 Å². The molecule has 0 bridgehead atoms. The molecule has 1 heterocycles. The molecule has 0 aliphatic carbocycles. The summed E-state index contributed by atoms with van der Waals surface area (Å²) in [6.07, 6.45) is 0. The average Bonchev–Trinajstić information content (AvgIpc) is 2.75. The second-order valence-corrected chi connectivity index (χ2v) is 7.02. The second-order valence-electron chi connectivity index (χ2n) is 7.02. The topological polar surface area (TPSA) is 42.2 Å². The average molecular weight is 323 g/mol. The minimum atomic E-state index is -0.755. The van der Waals surface area contributed by atoms with Crippen molar-refractivity contribution < 1.29 is 13.7 Å². The third kappa shape index (κ3) is 2.84. The van der Waals surface area contributed by atoms with Gasteiger partial charge in [0.25, 0.3) is 0 Å². The molecular formula is C19H19BFNO2. The number of rotatable bonds is 2. The Bertz CT molecular complexity index is 810. The zero-order valence-electron chi connectivity index (χ0n) is 14.3. The maximum absolute atomic E-state index is 14.4. The molecule has 0 N–H and O–H groups in total. The van der Waals surface area contributed by atoms with E-state index in [-0.39, 0.29) is 5.82 Å². The molecule has 3 rings (SSSR count). The van der Waals surface area contributed by atoms with Crippen LogP contribution in [0.25, 0.3) is 11.1 Å². The molecule has 1 fully saturated rings. The van der Waals surface area contributed by atoms with E-state index in [1.165, 1.54) is 6.07 Å². The van der Waals surface area contributed by atoms with Gasteiger partial charge in [0.2, 0.25) is 0 Å². The summed E-state index contributed by atoms with van der Waals surface area (Å²) in [5.74, 6) is -0.367. The van der Waals surface area contributed by atoms with Crippen LogP contribution in [0.15, 0.2) is 42.5 Å². The van der Waals surface area contributed by atoms with E-state index in [0.29, 0.717) is 11.0 Å². The quantitative estimate of drug-likeness (QED) is 0.792. The Morgan fingerprint density at radius 2 is 1.58 bits per heavy atom. The van der Waals surface area contributed by atoms with E-state index in [2.05, 4.69) is 6.07 Å². The molecule has 1 aliphatic heterocycles. The van der Waals surface area contributed by atoms with E-state index in [9.17, 15) is 4.39 Å². The Balaban J connectivity index is 2.00. The summed E-state index contributed by atoms with van der Waals surface area (Å²) in [6.45, 7) is 7.74. The number of halogens is 1. The summed E-state index contributed by atoms with van der Waals surface area (Å²) in [6, 6.07) is 14.2. The summed E-state index contributed by atoms with van der Waals surface area (Å²) in [5.41, 5.74) is 1.55. The predicted molar refractivity (Wildman–Crippen MR) is 92.3 cm³/mol. The summed E-state index contributed by atoms with van der Waals surface area (Å²) >= 11 is 0. The van der Waals surface area contributed by atoms with Gasteiger partial charge >= 0.3 is 7.12 Å². The third-order valence-corrected chi connectivity index (χ3v) is 4.83. The summed E-state index contributed by atoms with van der Waals surface area (Å²) in [7, 11) is -0.755. The Morgan fingerprint density at radius 1 is 0.958 bits per heavy atom. The van der Waals surface area contributed by atoms with Crippen molar-refractivity contribution in [2.45, 2.75) is 38.9 Å². The minimum Gasteiger partial charge on any atom is -0.399 e. The zero-order chi connectivity index (χ0) is 17.5. The van der Waals surface area contributed by atoms with Crippen molar-refractivity contribution in [3.05, 3.63) is 53.8 Å². The zero-order valence-corrected chi connectivity index (χ0v) is 14.3. The second kappa shape index (κ2) is 5.73. The predicted octanol–water partition coefficient (Wildman–Crippen LogP) is 3.66. The Kier molecular flexibility index (Phi) is 3.99. The lowest BCUT2D eigenvalue weighted by atomic mass is 9.77. The van der Waals surface area contributed by atoms with Gasteiger partial charge in [0, 0.05) is 5.46 Å². The molecule has 0 radical (unpaired) electrons. The molecule has 0 atom stereocenters. The first-order chi connectivity index (χ1) is 11.2. The van der Waals surface area contributed by atoms with Crippen molar-refractivity contribution >= 4 is 12.6 Å². The number of hydrogen-bond acceptors (Lipinski definition) is 3. The fourth-order valence-electron chi connectivity index (χ4n) is 2.64. The van der Waals surface area contributed by atoms with E-state index in [1.807, 2.05) is 39.8 Å². The van der Waals surface area contributed by atoms with Crippen LogP contribution in [-0.2, 0) is 9.31 Å².